The molecule has 1 saturated heterocycles. The lowest BCUT2D eigenvalue weighted by Gasteiger charge is -2.20. The SMILES string of the molecule is CC(Cc1cn(CCC2CC[NH2+]CC2)c2ccccc12)C(=O)NCCC(=O)O.[Cl-]. The summed E-state index contributed by atoms with van der Waals surface area (Å²) in [6, 6.07) is 8.40. The van der Waals surface area contributed by atoms with Crippen LogP contribution < -0.4 is 23.0 Å². The minimum Gasteiger partial charge on any atom is -1.00 e. The van der Waals surface area contributed by atoms with E-state index >= 15 is 0 Å². The Balaban J connectivity index is 0.00000300. The number of carbonyl (C=O) groups excluding carboxylic acids is 1. The standard InChI is InChI=1S/C22H31N3O3.ClH/c1-16(22(28)24-12-8-21(26)27)14-18-15-25(20-5-3-2-4-19(18)20)13-9-17-6-10-23-11-7-17;/h2-5,15-17,23H,6-14H2,1H3,(H,24,28)(H,26,27);1H. The van der Waals surface area contributed by atoms with E-state index < -0.39 is 5.97 Å². The van der Waals surface area contributed by atoms with Crippen molar-refractivity contribution in [2.45, 2.75) is 45.6 Å². The number of benzene rings is 1. The Labute approximate surface area is 178 Å². The number of amides is 1. The molecule has 4 N–H and O–H groups in total. The van der Waals surface area contributed by atoms with Crippen LogP contribution in [0, 0.1) is 11.8 Å². The monoisotopic (exact) mass is 421 g/mol. The summed E-state index contributed by atoms with van der Waals surface area (Å²) in [6.45, 7) is 5.60. The summed E-state index contributed by atoms with van der Waals surface area (Å²) < 4.78 is 2.35. The number of piperidine rings is 1. The molecule has 1 aromatic heterocycles. The Morgan fingerprint density at radius 2 is 2.00 bits per heavy atom. The maximum Gasteiger partial charge on any atom is 0.305 e. The van der Waals surface area contributed by atoms with Gasteiger partial charge in [-0.3, -0.25) is 9.59 Å². The summed E-state index contributed by atoms with van der Waals surface area (Å²) in [5.41, 5.74) is 2.42. The van der Waals surface area contributed by atoms with Crippen LogP contribution in [0.15, 0.2) is 30.5 Å². The van der Waals surface area contributed by atoms with Gasteiger partial charge in [0.05, 0.1) is 19.5 Å². The molecule has 0 radical (unpaired) electrons. The summed E-state index contributed by atoms with van der Waals surface area (Å²) in [5, 5.41) is 15.1. The molecule has 6 nitrogen and oxygen atoms in total. The molecule has 2 aromatic rings. The van der Waals surface area contributed by atoms with Crippen LogP contribution in [0.2, 0.25) is 0 Å². The Hall–Kier alpha value is -2.05. The number of carboxylic acids is 1. The van der Waals surface area contributed by atoms with Gasteiger partial charge in [0, 0.05) is 36.1 Å². The molecule has 160 valence electrons. The van der Waals surface area contributed by atoms with E-state index in [4.69, 9.17) is 5.11 Å². The van der Waals surface area contributed by atoms with Gasteiger partial charge in [0.1, 0.15) is 0 Å². The summed E-state index contributed by atoms with van der Waals surface area (Å²) in [4.78, 5) is 22.9. The number of carbonyl (C=O) groups is 2. The van der Waals surface area contributed by atoms with Crippen LogP contribution in [0.3, 0.4) is 0 Å². The van der Waals surface area contributed by atoms with Crippen LogP contribution >= 0.6 is 0 Å². The zero-order valence-corrected chi connectivity index (χ0v) is 17.8. The van der Waals surface area contributed by atoms with Gasteiger partial charge >= 0.3 is 5.97 Å². The van der Waals surface area contributed by atoms with Gasteiger partial charge in [0.15, 0.2) is 0 Å². The third-order valence-corrected chi connectivity index (χ3v) is 5.82. The normalized spacial score (nSPS) is 15.6. The van der Waals surface area contributed by atoms with E-state index in [9.17, 15) is 9.59 Å². The molecule has 1 amide bonds. The highest BCUT2D eigenvalue weighted by Gasteiger charge is 2.19. The van der Waals surface area contributed by atoms with Gasteiger partial charge in [-0.25, -0.2) is 0 Å². The van der Waals surface area contributed by atoms with Crippen LogP contribution in [0.1, 0.15) is 38.2 Å². The number of hydrogen-bond acceptors (Lipinski definition) is 2. The molecule has 0 spiro atoms. The number of halogens is 1. The van der Waals surface area contributed by atoms with Crippen molar-refractivity contribution in [3.05, 3.63) is 36.0 Å². The lowest BCUT2D eigenvalue weighted by Crippen LogP contribution is -3.00. The third-order valence-electron chi connectivity index (χ3n) is 5.82. The highest BCUT2D eigenvalue weighted by atomic mass is 35.5. The van der Waals surface area contributed by atoms with Gasteiger partial charge in [0.25, 0.3) is 0 Å². The quantitative estimate of drug-likeness (QED) is 0.474. The number of quaternary nitrogens is 1. The summed E-state index contributed by atoms with van der Waals surface area (Å²) in [5.74, 6) is -0.362. The van der Waals surface area contributed by atoms with Gasteiger partial charge < -0.3 is 32.7 Å². The Morgan fingerprint density at radius 1 is 1.28 bits per heavy atom. The maximum atomic E-state index is 12.3. The van der Waals surface area contributed by atoms with Crippen LogP contribution in [0.25, 0.3) is 10.9 Å². The Bertz CT molecular complexity index is 815. The van der Waals surface area contributed by atoms with E-state index in [1.807, 2.05) is 13.0 Å². The molecule has 1 aliphatic heterocycles. The van der Waals surface area contributed by atoms with Gasteiger partial charge in [-0.2, -0.15) is 0 Å². The third kappa shape index (κ3) is 6.47. The van der Waals surface area contributed by atoms with E-state index in [-0.39, 0.29) is 37.2 Å². The largest absolute Gasteiger partial charge is 1.00 e. The molecular weight excluding hydrogens is 390 g/mol. The zero-order chi connectivity index (χ0) is 19.9. The van der Waals surface area contributed by atoms with Crippen LogP contribution in [0.5, 0.6) is 0 Å². The van der Waals surface area contributed by atoms with Crippen molar-refractivity contribution in [2.75, 3.05) is 19.6 Å². The summed E-state index contributed by atoms with van der Waals surface area (Å²) >= 11 is 0. The number of aryl methyl sites for hydroxylation is 1. The predicted molar refractivity (Wildman–Crippen MR) is 109 cm³/mol. The minimum absolute atomic E-state index is 0. The fourth-order valence-electron chi connectivity index (χ4n) is 4.17. The lowest BCUT2D eigenvalue weighted by atomic mass is 9.95. The summed E-state index contributed by atoms with van der Waals surface area (Å²) in [7, 11) is 0. The number of nitrogens with two attached hydrogens (primary N) is 1. The highest BCUT2D eigenvalue weighted by molar-refractivity contribution is 5.85. The number of nitrogens with one attached hydrogen (secondary N) is 1. The molecule has 3 rings (SSSR count). The second-order valence-corrected chi connectivity index (χ2v) is 8.00. The first-order valence-corrected chi connectivity index (χ1v) is 10.4. The molecule has 0 saturated carbocycles. The van der Waals surface area contributed by atoms with Crippen LogP contribution in [-0.2, 0) is 22.6 Å². The maximum absolute atomic E-state index is 12.3. The molecule has 7 heteroatoms. The molecule has 0 bridgehead atoms. The van der Waals surface area contributed by atoms with Gasteiger partial charge in [0.2, 0.25) is 5.91 Å². The summed E-state index contributed by atoms with van der Waals surface area (Å²) in [6.07, 6.45) is 6.64. The average Bonchev–Trinajstić information content (AvgIpc) is 3.04. The van der Waals surface area contributed by atoms with Crippen molar-refractivity contribution in [2.24, 2.45) is 11.8 Å². The molecule has 1 aromatic carbocycles. The van der Waals surface area contributed by atoms with Crippen molar-refractivity contribution in [3.8, 4) is 0 Å². The number of fused-ring (bicyclic) bond motifs is 1. The van der Waals surface area contributed by atoms with Gasteiger partial charge in [-0.1, -0.05) is 25.1 Å². The van der Waals surface area contributed by atoms with E-state index in [0.29, 0.717) is 6.42 Å². The van der Waals surface area contributed by atoms with Crippen molar-refractivity contribution in [1.29, 1.82) is 0 Å². The van der Waals surface area contributed by atoms with E-state index in [0.717, 1.165) is 12.5 Å². The topological polar surface area (TPSA) is 87.9 Å². The second kappa shape index (κ2) is 11.2. The molecule has 2 heterocycles. The first-order valence-electron chi connectivity index (χ1n) is 10.4. The number of hydrogen-bond donors (Lipinski definition) is 3. The smallest absolute Gasteiger partial charge is 0.305 e. The van der Waals surface area contributed by atoms with Crippen molar-refractivity contribution in [3.63, 3.8) is 0 Å². The molecule has 1 aliphatic rings. The Morgan fingerprint density at radius 3 is 2.72 bits per heavy atom. The van der Waals surface area contributed by atoms with Crippen molar-refractivity contribution in [1.82, 2.24) is 9.88 Å². The zero-order valence-electron chi connectivity index (χ0n) is 17.1. The van der Waals surface area contributed by atoms with E-state index in [2.05, 4.69) is 39.6 Å². The number of para-hydroxylation sites is 1. The van der Waals surface area contributed by atoms with Gasteiger partial charge in [-0.05, 0) is 43.2 Å². The fourth-order valence-corrected chi connectivity index (χ4v) is 4.17. The molecule has 1 fully saturated rings. The Kier molecular flexibility index (Phi) is 8.99. The average molecular weight is 422 g/mol. The number of carboxylic acid groups (broad SMARTS) is 1. The van der Waals surface area contributed by atoms with E-state index in [1.54, 1.807) is 0 Å². The molecule has 29 heavy (non-hydrogen) atoms. The lowest BCUT2D eigenvalue weighted by molar-refractivity contribution is -0.664. The van der Waals surface area contributed by atoms with E-state index in [1.165, 1.54) is 48.8 Å². The highest BCUT2D eigenvalue weighted by Crippen LogP contribution is 2.25. The van der Waals surface area contributed by atoms with Crippen LogP contribution in [-0.4, -0.2) is 41.2 Å². The minimum atomic E-state index is -0.896. The molecular formula is C22H32ClN3O3. The molecule has 0 aliphatic carbocycles. The number of aliphatic carboxylic acids is 1. The second-order valence-electron chi connectivity index (χ2n) is 8.00. The first kappa shape index (κ1) is 23.2. The fraction of sp³-hybridized carbons (Fsp3) is 0.545. The first-order chi connectivity index (χ1) is 13.5. The van der Waals surface area contributed by atoms with Gasteiger partial charge in [-0.15, -0.1) is 0 Å². The molecule has 1 atom stereocenters. The predicted octanol–water partition coefficient (Wildman–Crippen LogP) is -1.22. The number of aromatic nitrogens is 1. The van der Waals surface area contributed by atoms with Crippen molar-refractivity contribution < 1.29 is 32.4 Å². The van der Waals surface area contributed by atoms with Crippen molar-refractivity contribution >= 4 is 22.8 Å². The van der Waals surface area contributed by atoms with Crippen LogP contribution in [0.4, 0.5) is 0 Å². The number of nitrogens with zero attached hydrogens (tertiary/aromatic N) is 1. The molecule has 1 unspecified atom stereocenters. The number of rotatable bonds is 9.